The van der Waals surface area contributed by atoms with E-state index >= 15 is 0 Å². The van der Waals surface area contributed by atoms with Gasteiger partial charge in [0.25, 0.3) is 0 Å². The Morgan fingerprint density at radius 3 is 2.48 bits per heavy atom. The van der Waals surface area contributed by atoms with Crippen LogP contribution in [0.1, 0.15) is 11.1 Å². The molecule has 1 heterocycles. The Hall–Kier alpha value is -1.98. The van der Waals surface area contributed by atoms with Gasteiger partial charge in [0.1, 0.15) is 17.3 Å². The van der Waals surface area contributed by atoms with Gasteiger partial charge in [0.05, 0.1) is 0 Å². The van der Waals surface area contributed by atoms with Crippen molar-refractivity contribution in [3.8, 4) is 5.75 Å². The zero-order valence-electron chi connectivity index (χ0n) is 12.0. The van der Waals surface area contributed by atoms with E-state index < -0.39 is 0 Å². The third-order valence-electron chi connectivity index (χ3n) is 3.08. The Bertz CT molecular complexity index is 572. The fraction of sp³-hybridized carbons (Fsp3) is 0.250. The molecule has 5 heteroatoms. The van der Waals surface area contributed by atoms with E-state index in [2.05, 4.69) is 16.9 Å². The summed E-state index contributed by atoms with van der Waals surface area (Å²) in [6.45, 7) is 2.36. The van der Waals surface area contributed by atoms with Crippen molar-refractivity contribution in [1.82, 2.24) is 9.88 Å². The first-order chi connectivity index (χ1) is 10.1. The number of ether oxygens (including phenoxy) is 1. The maximum absolute atomic E-state index is 5.71. The molecule has 0 radical (unpaired) electrons. The number of thiocarbonyl (C=S) groups is 1. The molecule has 0 aliphatic heterocycles. The molecule has 0 bridgehead atoms. The average Bonchev–Trinajstić information content (AvgIpc) is 2.49. The second kappa shape index (κ2) is 7.71. The van der Waals surface area contributed by atoms with Crippen LogP contribution in [0.2, 0.25) is 0 Å². The van der Waals surface area contributed by atoms with Gasteiger partial charge < -0.3 is 10.5 Å². The summed E-state index contributed by atoms with van der Waals surface area (Å²) in [5.74, 6) is 0.826. The standard InChI is InChI=1S/C16H19N3OS/c1-19(12-13-6-8-18-9-7-13)10-11-20-15-4-2-14(3-5-15)16(17)21/h2-9H,10-12H2,1H3,(H2,17,21). The Kier molecular flexibility index (Phi) is 5.66. The number of benzene rings is 1. The lowest BCUT2D eigenvalue weighted by Gasteiger charge is -2.17. The molecule has 21 heavy (non-hydrogen) atoms. The molecule has 2 N–H and O–H groups in total. The lowest BCUT2D eigenvalue weighted by molar-refractivity contribution is 0.233. The van der Waals surface area contributed by atoms with E-state index in [1.54, 1.807) is 0 Å². The lowest BCUT2D eigenvalue weighted by atomic mass is 10.2. The third kappa shape index (κ3) is 5.13. The summed E-state index contributed by atoms with van der Waals surface area (Å²) < 4.78 is 5.71. The van der Waals surface area contributed by atoms with E-state index in [1.807, 2.05) is 48.8 Å². The summed E-state index contributed by atoms with van der Waals surface area (Å²) in [7, 11) is 2.07. The second-order valence-corrected chi connectivity index (χ2v) is 5.27. The van der Waals surface area contributed by atoms with Crippen molar-refractivity contribution in [2.45, 2.75) is 6.54 Å². The minimum Gasteiger partial charge on any atom is -0.492 e. The maximum atomic E-state index is 5.71. The first-order valence-electron chi connectivity index (χ1n) is 6.75. The van der Waals surface area contributed by atoms with Crippen molar-refractivity contribution >= 4 is 17.2 Å². The van der Waals surface area contributed by atoms with E-state index in [9.17, 15) is 0 Å². The molecule has 110 valence electrons. The number of rotatable bonds is 7. The van der Waals surface area contributed by atoms with E-state index in [1.165, 1.54) is 5.56 Å². The summed E-state index contributed by atoms with van der Waals surface area (Å²) in [4.78, 5) is 6.62. The van der Waals surface area contributed by atoms with Gasteiger partial charge in [0.15, 0.2) is 0 Å². The van der Waals surface area contributed by atoms with Crippen LogP contribution in [0.5, 0.6) is 5.75 Å². The molecule has 2 aromatic rings. The van der Waals surface area contributed by atoms with Gasteiger partial charge in [0, 0.05) is 31.0 Å². The van der Waals surface area contributed by atoms with Crippen LogP contribution >= 0.6 is 12.2 Å². The molecule has 0 spiro atoms. The Morgan fingerprint density at radius 1 is 1.19 bits per heavy atom. The normalized spacial score (nSPS) is 10.6. The quantitative estimate of drug-likeness (QED) is 0.795. The van der Waals surface area contributed by atoms with E-state index in [-0.39, 0.29) is 0 Å². The van der Waals surface area contributed by atoms with Crippen LogP contribution in [0.15, 0.2) is 48.8 Å². The highest BCUT2D eigenvalue weighted by molar-refractivity contribution is 7.80. The Balaban J connectivity index is 1.74. The average molecular weight is 301 g/mol. The van der Waals surface area contributed by atoms with Crippen molar-refractivity contribution in [2.75, 3.05) is 20.2 Å². The number of likely N-dealkylation sites (N-methyl/N-ethyl adjacent to an activating group) is 1. The largest absolute Gasteiger partial charge is 0.492 e. The number of pyridine rings is 1. The van der Waals surface area contributed by atoms with Crippen molar-refractivity contribution in [3.63, 3.8) is 0 Å². The Labute approximate surface area is 130 Å². The van der Waals surface area contributed by atoms with E-state index in [0.717, 1.165) is 24.4 Å². The van der Waals surface area contributed by atoms with Gasteiger partial charge in [-0.05, 0) is 49.0 Å². The molecule has 1 aromatic carbocycles. The number of hydrogen-bond donors (Lipinski definition) is 1. The van der Waals surface area contributed by atoms with E-state index in [4.69, 9.17) is 22.7 Å². The summed E-state index contributed by atoms with van der Waals surface area (Å²) >= 11 is 4.92. The van der Waals surface area contributed by atoms with Crippen molar-refractivity contribution in [2.24, 2.45) is 5.73 Å². The highest BCUT2D eigenvalue weighted by Gasteiger charge is 2.01. The first-order valence-corrected chi connectivity index (χ1v) is 7.16. The van der Waals surface area contributed by atoms with Crippen LogP contribution in [-0.2, 0) is 6.54 Å². The topological polar surface area (TPSA) is 51.4 Å². The van der Waals surface area contributed by atoms with Crippen LogP contribution in [0.4, 0.5) is 0 Å². The summed E-state index contributed by atoms with van der Waals surface area (Å²) in [5.41, 5.74) is 7.65. The van der Waals surface area contributed by atoms with Crippen molar-refractivity contribution in [1.29, 1.82) is 0 Å². The molecule has 2 rings (SSSR count). The molecule has 0 atom stereocenters. The fourth-order valence-corrected chi connectivity index (χ4v) is 2.05. The lowest BCUT2D eigenvalue weighted by Crippen LogP contribution is -2.23. The van der Waals surface area contributed by atoms with Crippen LogP contribution in [0.3, 0.4) is 0 Å². The molecule has 0 aliphatic carbocycles. The van der Waals surface area contributed by atoms with Gasteiger partial charge in [-0.25, -0.2) is 0 Å². The molecule has 4 nitrogen and oxygen atoms in total. The van der Waals surface area contributed by atoms with Crippen LogP contribution in [0, 0.1) is 0 Å². The van der Waals surface area contributed by atoms with Crippen molar-refractivity contribution in [3.05, 3.63) is 59.9 Å². The van der Waals surface area contributed by atoms with Crippen LogP contribution in [-0.4, -0.2) is 35.1 Å². The third-order valence-corrected chi connectivity index (χ3v) is 3.32. The monoisotopic (exact) mass is 301 g/mol. The molecular weight excluding hydrogens is 282 g/mol. The highest BCUT2D eigenvalue weighted by atomic mass is 32.1. The molecule has 0 fully saturated rings. The minimum absolute atomic E-state index is 0.402. The number of nitrogens with zero attached hydrogens (tertiary/aromatic N) is 2. The van der Waals surface area contributed by atoms with Crippen LogP contribution < -0.4 is 10.5 Å². The summed E-state index contributed by atoms with van der Waals surface area (Å²) in [6.07, 6.45) is 3.62. The SMILES string of the molecule is CN(CCOc1ccc(C(N)=S)cc1)Cc1ccncc1. The van der Waals surface area contributed by atoms with Crippen LogP contribution in [0.25, 0.3) is 0 Å². The van der Waals surface area contributed by atoms with E-state index in [0.29, 0.717) is 11.6 Å². The number of aromatic nitrogens is 1. The van der Waals surface area contributed by atoms with Gasteiger partial charge in [-0.15, -0.1) is 0 Å². The van der Waals surface area contributed by atoms with Crippen molar-refractivity contribution < 1.29 is 4.74 Å². The molecule has 0 amide bonds. The maximum Gasteiger partial charge on any atom is 0.119 e. The predicted octanol–water partition coefficient (Wildman–Crippen LogP) is 2.23. The summed E-state index contributed by atoms with van der Waals surface area (Å²) in [6, 6.07) is 11.6. The van der Waals surface area contributed by atoms with Gasteiger partial charge in [-0.2, -0.15) is 0 Å². The molecular formula is C16H19N3OS. The highest BCUT2D eigenvalue weighted by Crippen LogP contribution is 2.12. The zero-order valence-corrected chi connectivity index (χ0v) is 12.8. The molecule has 0 saturated carbocycles. The molecule has 0 saturated heterocycles. The molecule has 0 aliphatic rings. The van der Waals surface area contributed by atoms with Gasteiger partial charge in [-0.1, -0.05) is 12.2 Å². The smallest absolute Gasteiger partial charge is 0.119 e. The summed E-state index contributed by atoms with van der Waals surface area (Å²) in [5, 5.41) is 0. The fourth-order valence-electron chi connectivity index (χ4n) is 1.91. The Morgan fingerprint density at radius 2 is 1.86 bits per heavy atom. The second-order valence-electron chi connectivity index (χ2n) is 4.83. The first kappa shape index (κ1) is 15.4. The predicted molar refractivity (Wildman–Crippen MR) is 88.4 cm³/mol. The molecule has 1 aromatic heterocycles. The van der Waals surface area contributed by atoms with Gasteiger partial charge in [0.2, 0.25) is 0 Å². The molecule has 0 unspecified atom stereocenters. The number of hydrogen-bond acceptors (Lipinski definition) is 4. The minimum atomic E-state index is 0.402. The zero-order chi connectivity index (χ0) is 15.1. The van der Waals surface area contributed by atoms with Gasteiger partial charge in [-0.3, -0.25) is 9.88 Å². The number of nitrogens with two attached hydrogens (primary N) is 1. The van der Waals surface area contributed by atoms with Gasteiger partial charge >= 0.3 is 0 Å².